The molecule has 2 aromatic rings. The van der Waals surface area contributed by atoms with E-state index >= 15 is 0 Å². The lowest BCUT2D eigenvalue weighted by atomic mass is 9.99. The standard InChI is InChI=1S/C27H31N3O4/c1-18(2)16-23(30-25(32)20-12-6-7-13-21(20)26(30)33)24(31)28-22(17-19-10-4-3-5-11-19)27(34)29-14-8-9-15-29/h3-7,10-13,18,22-23H,8-9,14-17H2,1-2H3,(H,28,31). The molecule has 0 bridgehead atoms. The number of nitrogens with one attached hydrogen (secondary N) is 1. The van der Waals surface area contributed by atoms with Crippen LogP contribution in [0.2, 0.25) is 0 Å². The van der Waals surface area contributed by atoms with E-state index in [4.69, 9.17) is 0 Å². The molecule has 2 aliphatic heterocycles. The van der Waals surface area contributed by atoms with E-state index in [-0.39, 0.29) is 11.8 Å². The van der Waals surface area contributed by atoms with Gasteiger partial charge in [0, 0.05) is 19.5 Å². The molecule has 4 amide bonds. The molecule has 178 valence electrons. The minimum Gasteiger partial charge on any atom is -0.342 e. The van der Waals surface area contributed by atoms with Crippen LogP contribution in [0.15, 0.2) is 54.6 Å². The molecule has 4 rings (SSSR count). The van der Waals surface area contributed by atoms with Crippen molar-refractivity contribution < 1.29 is 19.2 Å². The van der Waals surface area contributed by atoms with Crippen LogP contribution < -0.4 is 5.32 Å². The Labute approximate surface area is 200 Å². The molecule has 7 nitrogen and oxygen atoms in total. The van der Waals surface area contributed by atoms with Gasteiger partial charge in [-0.2, -0.15) is 0 Å². The van der Waals surface area contributed by atoms with Gasteiger partial charge in [-0.25, -0.2) is 0 Å². The van der Waals surface area contributed by atoms with Gasteiger partial charge < -0.3 is 10.2 Å². The molecule has 2 unspecified atom stereocenters. The number of nitrogens with zero attached hydrogens (tertiary/aromatic N) is 2. The summed E-state index contributed by atoms with van der Waals surface area (Å²) in [5.41, 5.74) is 1.55. The van der Waals surface area contributed by atoms with Crippen molar-refractivity contribution in [1.29, 1.82) is 0 Å². The van der Waals surface area contributed by atoms with Crippen molar-refractivity contribution in [2.75, 3.05) is 13.1 Å². The number of carbonyl (C=O) groups excluding carboxylic acids is 4. The molecular formula is C27H31N3O4. The van der Waals surface area contributed by atoms with Crippen LogP contribution in [0.3, 0.4) is 0 Å². The van der Waals surface area contributed by atoms with Crippen molar-refractivity contribution in [3.63, 3.8) is 0 Å². The lowest BCUT2D eigenvalue weighted by Crippen LogP contribution is -2.56. The maximum atomic E-state index is 13.6. The number of hydrogen-bond acceptors (Lipinski definition) is 4. The SMILES string of the molecule is CC(C)CC(C(=O)NC(Cc1ccccc1)C(=O)N1CCCC1)N1C(=O)c2ccccc2C1=O. The van der Waals surface area contributed by atoms with Crippen LogP contribution in [-0.4, -0.2) is 58.6 Å². The second-order valence-corrected chi connectivity index (χ2v) is 9.45. The topological polar surface area (TPSA) is 86.8 Å². The molecule has 2 aromatic carbocycles. The van der Waals surface area contributed by atoms with Gasteiger partial charge in [0.15, 0.2) is 0 Å². The van der Waals surface area contributed by atoms with E-state index in [0.29, 0.717) is 37.1 Å². The molecule has 0 aromatic heterocycles. The van der Waals surface area contributed by atoms with Gasteiger partial charge in [-0.15, -0.1) is 0 Å². The largest absolute Gasteiger partial charge is 0.342 e. The summed E-state index contributed by atoms with van der Waals surface area (Å²) in [7, 11) is 0. The molecule has 1 N–H and O–H groups in total. The summed E-state index contributed by atoms with van der Waals surface area (Å²) >= 11 is 0. The summed E-state index contributed by atoms with van der Waals surface area (Å²) < 4.78 is 0. The molecule has 2 atom stereocenters. The van der Waals surface area contributed by atoms with Crippen LogP contribution in [0.5, 0.6) is 0 Å². The first-order valence-corrected chi connectivity index (χ1v) is 12.0. The molecule has 2 heterocycles. The number of amides is 4. The van der Waals surface area contributed by atoms with E-state index in [1.807, 2.05) is 44.2 Å². The Bertz CT molecular complexity index is 1040. The highest BCUT2D eigenvalue weighted by atomic mass is 16.2. The van der Waals surface area contributed by atoms with Crippen LogP contribution >= 0.6 is 0 Å². The van der Waals surface area contributed by atoms with Crippen molar-refractivity contribution in [3.8, 4) is 0 Å². The lowest BCUT2D eigenvalue weighted by Gasteiger charge is -2.30. The van der Waals surface area contributed by atoms with Gasteiger partial charge in [-0.05, 0) is 42.9 Å². The number of rotatable bonds is 8. The Morgan fingerprint density at radius 2 is 1.44 bits per heavy atom. The number of fused-ring (bicyclic) bond motifs is 1. The fraction of sp³-hybridized carbons (Fsp3) is 0.407. The third kappa shape index (κ3) is 4.88. The van der Waals surface area contributed by atoms with Gasteiger partial charge in [0.05, 0.1) is 11.1 Å². The van der Waals surface area contributed by atoms with Gasteiger partial charge in [-0.1, -0.05) is 56.3 Å². The fourth-order valence-corrected chi connectivity index (χ4v) is 4.74. The van der Waals surface area contributed by atoms with Gasteiger partial charge in [0.1, 0.15) is 12.1 Å². The Hall–Kier alpha value is -3.48. The van der Waals surface area contributed by atoms with E-state index in [1.54, 1.807) is 29.2 Å². The van der Waals surface area contributed by atoms with Crippen molar-refractivity contribution in [1.82, 2.24) is 15.1 Å². The van der Waals surface area contributed by atoms with Crippen molar-refractivity contribution >= 4 is 23.6 Å². The number of hydrogen-bond donors (Lipinski definition) is 1. The predicted octanol–water partition coefficient (Wildman–Crippen LogP) is 3.05. The number of benzene rings is 2. The van der Waals surface area contributed by atoms with E-state index < -0.39 is 29.8 Å². The smallest absolute Gasteiger partial charge is 0.262 e. The highest BCUT2D eigenvalue weighted by Gasteiger charge is 2.43. The first-order valence-electron chi connectivity index (χ1n) is 12.0. The van der Waals surface area contributed by atoms with E-state index in [0.717, 1.165) is 23.3 Å². The number of carbonyl (C=O) groups is 4. The van der Waals surface area contributed by atoms with E-state index in [9.17, 15) is 19.2 Å². The van der Waals surface area contributed by atoms with Crippen LogP contribution in [0, 0.1) is 5.92 Å². The quantitative estimate of drug-likeness (QED) is 0.612. The third-order valence-electron chi connectivity index (χ3n) is 6.45. The average Bonchev–Trinajstić information content (AvgIpc) is 3.45. The Kier molecular flexibility index (Phi) is 7.10. The predicted molar refractivity (Wildman–Crippen MR) is 128 cm³/mol. The summed E-state index contributed by atoms with van der Waals surface area (Å²) in [6.07, 6.45) is 2.55. The second-order valence-electron chi connectivity index (χ2n) is 9.45. The zero-order valence-corrected chi connectivity index (χ0v) is 19.7. The molecule has 2 aliphatic rings. The van der Waals surface area contributed by atoms with E-state index in [2.05, 4.69) is 5.32 Å². The molecule has 0 aliphatic carbocycles. The van der Waals surface area contributed by atoms with Crippen molar-refractivity contribution in [2.24, 2.45) is 5.92 Å². The summed E-state index contributed by atoms with van der Waals surface area (Å²) in [6, 6.07) is 14.4. The summed E-state index contributed by atoms with van der Waals surface area (Å²) in [5, 5.41) is 2.92. The summed E-state index contributed by atoms with van der Waals surface area (Å²) in [5.74, 6) is -1.47. The zero-order valence-electron chi connectivity index (χ0n) is 19.7. The van der Waals surface area contributed by atoms with Gasteiger partial charge in [0.25, 0.3) is 11.8 Å². The van der Waals surface area contributed by atoms with Gasteiger partial charge >= 0.3 is 0 Å². The van der Waals surface area contributed by atoms with E-state index in [1.165, 1.54) is 0 Å². The molecule has 1 fully saturated rings. The first-order chi connectivity index (χ1) is 16.4. The molecule has 0 saturated carbocycles. The normalized spacial score (nSPS) is 17.1. The molecule has 1 saturated heterocycles. The minimum absolute atomic E-state index is 0.0573. The molecule has 7 heteroatoms. The summed E-state index contributed by atoms with van der Waals surface area (Å²) in [6.45, 7) is 5.23. The van der Waals surface area contributed by atoms with Crippen LogP contribution in [0.25, 0.3) is 0 Å². The monoisotopic (exact) mass is 461 g/mol. The van der Waals surface area contributed by atoms with Crippen LogP contribution in [0.1, 0.15) is 59.4 Å². The molecular weight excluding hydrogens is 430 g/mol. The van der Waals surface area contributed by atoms with Crippen molar-refractivity contribution in [2.45, 2.75) is 51.6 Å². The highest BCUT2D eigenvalue weighted by Crippen LogP contribution is 2.27. The minimum atomic E-state index is -0.989. The highest BCUT2D eigenvalue weighted by molar-refractivity contribution is 6.22. The second kappa shape index (κ2) is 10.2. The third-order valence-corrected chi connectivity index (χ3v) is 6.45. The number of likely N-dealkylation sites (tertiary alicyclic amines) is 1. The molecule has 0 radical (unpaired) electrons. The maximum absolute atomic E-state index is 13.6. The lowest BCUT2D eigenvalue weighted by molar-refractivity contribution is -0.136. The van der Waals surface area contributed by atoms with Gasteiger partial charge in [-0.3, -0.25) is 24.1 Å². The molecule has 0 spiro atoms. The molecule has 34 heavy (non-hydrogen) atoms. The van der Waals surface area contributed by atoms with Gasteiger partial charge in [0.2, 0.25) is 11.8 Å². The average molecular weight is 462 g/mol. The Balaban J connectivity index is 1.60. The zero-order chi connectivity index (χ0) is 24.2. The van der Waals surface area contributed by atoms with Crippen molar-refractivity contribution in [3.05, 3.63) is 71.3 Å². The first kappa shape index (κ1) is 23.7. The maximum Gasteiger partial charge on any atom is 0.262 e. The fourth-order valence-electron chi connectivity index (χ4n) is 4.74. The number of imide groups is 1. The van der Waals surface area contributed by atoms with Crippen LogP contribution in [-0.2, 0) is 16.0 Å². The Morgan fingerprint density at radius 3 is 2.00 bits per heavy atom. The Morgan fingerprint density at radius 1 is 0.882 bits per heavy atom. The summed E-state index contributed by atoms with van der Waals surface area (Å²) in [4.78, 5) is 56.0. The van der Waals surface area contributed by atoms with Crippen LogP contribution in [0.4, 0.5) is 0 Å².